The van der Waals surface area contributed by atoms with Crippen LogP contribution >= 0.6 is 0 Å². The molecule has 7 nitrogen and oxygen atoms in total. The van der Waals surface area contributed by atoms with Gasteiger partial charge < -0.3 is 10.2 Å². The number of nitrogens with zero attached hydrogens (tertiary/aromatic N) is 2. The highest BCUT2D eigenvalue weighted by Crippen LogP contribution is 2.30. The van der Waals surface area contributed by atoms with E-state index in [1.165, 1.54) is 6.42 Å². The first-order chi connectivity index (χ1) is 13.0. The number of likely N-dealkylation sites (N-methyl/N-ethyl adjacent to an activating group) is 1. The Morgan fingerprint density at radius 1 is 1.22 bits per heavy atom. The number of fused-ring (bicyclic) bond motifs is 1. The van der Waals surface area contributed by atoms with Gasteiger partial charge in [0.25, 0.3) is 5.91 Å². The lowest BCUT2D eigenvalue weighted by Gasteiger charge is -2.32. The van der Waals surface area contributed by atoms with Crippen LogP contribution in [0.25, 0.3) is 0 Å². The summed E-state index contributed by atoms with van der Waals surface area (Å²) < 4.78 is 0. The molecule has 0 radical (unpaired) electrons. The van der Waals surface area contributed by atoms with E-state index in [-0.39, 0.29) is 24.1 Å². The van der Waals surface area contributed by atoms with E-state index < -0.39 is 6.04 Å². The maximum atomic E-state index is 13.1. The lowest BCUT2D eigenvalue weighted by atomic mass is 10.0. The molecule has 2 fully saturated rings. The second-order valence-electron chi connectivity index (χ2n) is 7.77. The molecular formula is C20H26N4O3. The first-order valence-corrected chi connectivity index (χ1v) is 9.71. The van der Waals surface area contributed by atoms with Gasteiger partial charge in [-0.15, -0.1) is 0 Å². The van der Waals surface area contributed by atoms with Crippen LogP contribution < -0.4 is 10.6 Å². The second-order valence-corrected chi connectivity index (χ2v) is 7.77. The van der Waals surface area contributed by atoms with Crippen LogP contribution in [0.2, 0.25) is 0 Å². The van der Waals surface area contributed by atoms with Crippen molar-refractivity contribution in [3.63, 3.8) is 0 Å². The van der Waals surface area contributed by atoms with E-state index >= 15 is 0 Å². The van der Waals surface area contributed by atoms with Crippen molar-refractivity contribution in [1.82, 2.24) is 20.4 Å². The van der Waals surface area contributed by atoms with Gasteiger partial charge >= 0.3 is 0 Å². The molecule has 2 N–H and O–H groups in total. The molecule has 0 bridgehead atoms. The number of piperidine rings is 2. The van der Waals surface area contributed by atoms with Gasteiger partial charge in [0.1, 0.15) is 6.04 Å². The normalized spacial score (nSPS) is 25.7. The monoisotopic (exact) mass is 370 g/mol. The van der Waals surface area contributed by atoms with Gasteiger partial charge in [-0.05, 0) is 44.0 Å². The third-order valence-electron chi connectivity index (χ3n) is 5.95. The van der Waals surface area contributed by atoms with Crippen LogP contribution in [0.1, 0.15) is 47.2 Å². The number of carbonyl (C=O) groups is 3. The lowest BCUT2D eigenvalue weighted by Crippen LogP contribution is -2.52. The first-order valence-electron chi connectivity index (χ1n) is 9.71. The molecule has 0 spiro atoms. The first kappa shape index (κ1) is 18.1. The van der Waals surface area contributed by atoms with E-state index in [0.717, 1.165) is 36.2 Å². The molecule has 27 heavy (non-hydrogen) atoms. The topological polar surface area (TPSA) is 81.8 Å². The molecule has 4 rings (SSSR count). The highest BCUT2D eigenvalue weighted by Gasteiger charge is 2.40. The van der Waals surface area contributed by atoms with Crippen LogP contribution in [0.15, 0.2) is 18.2 Å². The predicted octanol–water partition coefficient (Wildman–Crippen LogP) is 0.631. The quantitative estimate of drug-likeness (QED) is 0.760. The van der Waals surface area contributed by atoms with E-state index in [4.69, 9.17) is 0 Å². The third kappa shape index (κ3) is 3.49. The Balaban J connectivity index is 1.53. The SMILES string of the molecule is CN(Cc1cccc2c1C(=O)N(C1CCC(=O)NC1=O)C2)C1CCCNC1. The largest absolute Gasteiger partial charge is 0.322 e. The zero-order valence-corrected chi connectivity index (χ0v) is 15.7. The van der Waals surface area contributed by atoms with Gasteiger partial charge in [-0.3, -0.25) is 24.6 Å². The molecule has 144 valence electrons. The number of hydrogen-bond donors (Lipinski definition) is 2. The summed E-state index contributed by atoms with van der Waals surface area (Å²) in [6.07, 6.45) is 3.01. The molecule has 3 aliphatic heterocycles. The zero-order chi connectivity index (χ0) is 19.0. The summed E-state index contributed by atoms with van der Waals surface area (Å²) in [6, 6.07) is 5.87. The minimum absolute atomic E-state index is 0.0923. The number of rotatable bonds is 4. The van der Waals surface area contributed by atoms with E-state index in [0.29, 0.717) is 25.6 Å². The van der Waals surface area contributed by atoms with Crippen molar-refractivity contribution < 1.29 is 14.4 Å². The number of benzene rings is 1. The summed E-state index contributed by atoms with van der Waals surface area (Å²) in [5, 5.41) is 5.79. The maximum absolute atomic E-state index is 13.1. The van der Waals surface area contributed by atoms with Gasteiger partial charge in [-0.25, -0.2) is 0 Å². The Bertz CT molecular complexity index is 772. The van der Waals surface area contributed by atoms with Crippen LogP contribution in [-0.4, -0.2) is 59.7 Å². The average molecular weight is 370 g/mol. The highest BCUT2D eigenvalue weighted by atomic mass is 16.2. The van der Waals surface area contributed by atoms with Gasteiger partial charge in [-0.2, -0.15) is 0 Å². The average Bonchev–Trinajstić information content (AvgIpc) is 3.00. The molecule has 3 amide bonds. The number of carbonyl (C=O) groups excluding carboxylic acids is 3. The standard InChI is InChI=1S/C20H26N4O3/c1-23(15-6-3-9-21-10-15)11-13-4-2-5-14-12-24(20(27)18(13)14)16-7-8-17(25)22-19(16)26/h2,4-5,15-16,21H,3,6-12H2,1H3,(H,22,25,26). The van der Waals surface area contributed by atoms with Crippen molar-refractivity contribution in [3.8, 4) is 0 Å². The smallest absolute Gasteiger partial charge is 0.255 e. The third-order valence-corrected chi connectivity index (χ3v) is 5.95. The molecule has 0 saturated carbocycles. The molecular weight excluding hydrogens is 344 g/mol. The summed E-state index contributed by atoms with van der Waals surface area (Å²) in [5.41, 5.74) is 2.72. The molecule has 1 aromatic carbocycles. The molecule has 3 aliphatic rings. The molecule has 2 saturated heterocycles. The number of imide groups is 1. The van der Waals surface area contributed by atoms with E-state index in [2.05, 4.69) is 22.6 Å². The van der Waals surface area contributed by atoms with Crippen LogP contribution in [0.3, 0.4) is 0 Å². The molecule has 2 unspecified atom stereocenters. The van der Waals surface area contributed by atoms with Gasteiger partial charge in [-0.1, -0.05) is 18.2 Å². The van der Waals surface area contributed by atoms with Crippen LogP contribution in [0, 0.1) is 0 Å². The summed E-state index contributed by atoms with van der Waals surface area (Å²) in [5.74, 6) is -0.714. The number of hydrogen-bond acceptors (Lipinski definition) is 5. The summed E-state index contributed by atoms with van der Waals surface area (Å²) >= 11 is 0. The van der Waals surface area contributed by atoms with Crippen molar-refractivity contribution >= 4 is 17.7 Å². The maximum Gasteiger partial charge on any atom is 0.255 e. The second kappa shape index (κ2) is 7.40. The predicted molar refractivity (Wildman–Crippen MR) is 99.8 cm³/mol. The molecule has 3 heterocycles. The fraction of sp³-hybridized carbons (Fsp3) is 0.550. The van der Waals surface area contributed by atoms with E-state index in [9.17, 15) is 14.4 Å². The van der Waals surface area contributed by atoms with Crippen LogP contribution in [-0.2, 0) is 22.7 Å². The van der Waals surface area contributed by atoms with Crippen LogP contribution in [0.4, 0.5) is 0 Å². The Morgan fingerprint density at radius 2 is 2.07 bits per heavy atom. The van der Waals surface area contributed by atoms with Crippen LogP contribution in [0.5, 0.6) is 0 Å². The number of nitrogens with one attached hydrogen (secondary N) is 2. The summed E-state index contributed by atoms with van der Waals surface area (Å²) in [6.45, 7) is 3.19. The molecule has 0 aromatic heterocycles. The molecule has 2 atom stereocenters. The Morgan fingerprint density at radius 3 is 2.81 bits per heavy atom. The molecule has 7 heteroatoms. The van der Waals surface area contributed by atoms with Gasteiger partial charge in [0.15, 0.2) is 0 Å². The van der Waals surface area contributed by atoms with Crippen molar-refractivity contribution in [1.29, 1.82) is 0 Å². The number of amides is 3. The van der Waals surface area contributed by atoms with Crippen molar-refractivity contribution in [3.05, 3.63) is 34.9 Å². The van der Waals surface area contributed by atoms with E-state index in [1.807, 2.05) is 18.2 Å². The Hall–Kier alpha value is -2.25. The lowest BCUT2D eigenvalue weighted by molar-refractivity contribution is -0.136. The van der Waals surface area contributed by atoms with Gasteiger partial charge in [0.2, 0.25) is 11.8 Å². The fourth-order valence-corrected chi connectivity index (χ4v) is 4.43. The molecule has 0 aliphatic carbocycles. The van der Waals surface area contributed by atoms with Crippen molar-refractivity contribution in [2.75, 3.05) is 20.1 Å². The Labute approximate surface area is 159 Å². The molecule has 1 aromatic rings. The minimum Gasteiger partial charge on any atom is -0.322 e. The summed E-state index contributed by atoms with van der Waals surface area (Å²) in [7, 11) is 2.11. The van der Waals surface area contributed by atoms with Crippen molar-refractivity contribution in [2.24, 2.45) is 0 Å². The fourth-order valence-electron chi connectivity index (χ4n) is 4.43. The van der Waals surface area contributed by atoms with Gasteiger partial charge in [0.05, 0.1) is 0 Å². The van der Waals surface area contributed by atoms with Gasteiger partial charge in [0, 0.05) is 37.7 Å². The minimum atomic E-state index is -0.560. The Kier molecular flexibility index (Phi) is 4.97. The highest BCUT2D eigenvalue weighted by molar-refractivity contribution is 6.05. The van der Waals surface area contributed by atoms with Crippen molar-refractivity contribution in [2.45, 2.75) is 50.9 Å². The summed E-state index contributed by atoms with van der Waals surface area (Å²) in [4.78, 5) is 40.7. The van der Waals surface area contributed by atoms with E-state index in [1.54, 1.807) is 4.90 Å². The zero-order valence-electron chi connectivity index (χ0n) is 15.7.